The van der Waals surface area contributed by atoms with E-state index >= 15 is 0 Å². The van der Waals surface area contributed by atoms with E-state index in [0.29, 0.717) is 19.4 Å². The highest BCUT2D eigenvalue weighted by molar-refractivity contribution is 6.03. The Balaban J connectivity index is 1.83. The maximum Gasteiger partial charge on any atom is 0.229 e. The first kappa shape index (κ1) is 13.5. The molecular formula is C16H17N3O2. The second kappa shape index (κ2) is 5.52. The van der Waals surface area contributed by atoms with Crippen molar-refractivity contribution in [2.24, 2.45) is 5.92 Å². The van der Waals surface area contributed by atoms with Crippen molar-refractivity contribution in [3.63, 3.8) is 0 Å². The van der Waals surface area contributed by atoms with Crippen LogP contribution in [0.5, 0.6) is 0 Å². The summed E-state index contributed by atoms with van der Waals surface area (Å²) < 4.78 is 0. The van der Waals surface area contributed by atoms with Gasteiger partial charge in [-0.25, -0.2) is 0 Å². The average Bonchev–Trinajstić information content (AvgIpc) is 2.51. The van der Waals surface area contributed by atoms with E-state index in [9.17, 15) is 9.59 Å². The predicted molar refractivity (Wildman–Crippen MR) is 80.8 cm³/mol. The smallest absolute Gasteiger partial charge is 0.229 e. The monoisotopic (exact) mass is 283 g/mol. The highest BCUT2D eigenvalue weighted by Gasteiger charge is 2.24. The molecule has 0 bridgehead atoms. The molecular weight excluding hydrogens is 266 g/mol. The van der Waals surface area contributed by atoms with E-state index in [1.807, 2.05) is 31.2 Å². The van der Waals surface area contributed by atoms with Crippen LogP contribution in [-0.4, -0.2) is 23.3 Å². The molecule has 1 saturated heterocycles. The third-order valence-corrected chi connectivity index (χ3v) is 3.87. The summed E-state index contributed by atoms with van der Waals surface area (Å²) in [5.41, 5.74) is 2.74. The summed E-state index contributed by atoms with van der Waals surface area (Å²) in [6, 6.07) is 7.66. The zero-order chi connectivity index (χ0) is 14.8. The quantitative estimate of drug-likeness (QED) is 0.885. The SMILES string of the molecule is Cc1ccc(NC(=O)C2CCC(=O)NC2)c2cccnc12. The molecule has 1 atom stereocenters. The Bertz CT molecular complexity index is 702. The van der Waals surface area contributed by atoms with Crippen molar-refractivity contribution >= 4 is 28.4 Å². The zero-order valence-corrected chi connectivity index (χ0v) is 11.8. The van der Waals surface area contributed by atoms with Crippen LogP contribution in [0.3, 0.4) is 0 Å². The third kappa shape index (κ3) is 2.72. The number of pyridine rings is 1. The number of aromatic nitrogens is 1. The number of nitrogens with one attached hydrogen (secondary N) is 2. The molecule has 5 heteroatoms. The Morgan fingerprint density at radius 2 is 2.24 bits per heavy atom. The van der Waals surface area contributed by atoms with Gasteiger partial charge in [0, 0.05) is 24.5 Å². The summed E-state index contributed by atoms with van der Waals surface area (Å²) in [5.74, 6) is -0.205. The van der Waals surface area contributed by atoms with Gasteiger partial charge in [0.15, 0.2) is 0 Å². The number of rotatable bonds is 2. The number of hydrogen-bond donors (Lipinski definition) is 2. The van der Waals surface area contributed by atoms with Crippen molar-refractivity contribution in [1.82, 2.24) is 10.3 Å². The van der Waals surface area contributed by atoms with Crippen LogP contribution in [0.1, 0.15) is 18.4 Å². The Hall–Kier alpha value is -2.43. The minimum atomic E-state index is -0.171. The van der Waals surface area contributed by atoms with Crippen LogP contribution in [0, 0.1) is 12.8 Å². The van der Waals surface area contributed by atoms with Gasteiger partial charge in [0.05, 0.1) is 17.1 Å². The molecule has 2 amide bonds. The van der Waals surface area contributed by atoms with Gasteiger partial charge in [-0.05, 0) is 37.1 Å². The third-order valence-electron chi connectivity index (χ3n) is 3.87. The Labute approximate surface area is 122 Å². The van der Waals surface area contributed by atoms with Gasteiger partial charge in [0.25, 0.3) is 0 Å². The van der Waals surface area contributed by atoms with E-state index in [0.717, 1.165) is 22.2 Å². The van der Waals surface area contributed by atoms with E-state index in [1.54, 1.807) is 6.20 Å². The molecule has 108 valence electrons. The van der Waals surface area contributed by atoms with Crippen LogP contribution >= 0.6 is 0 Å². The lowest BCUT2D eigenvalue weighted by Crippen LogP contribution is -2.40. The number of fused-ring (bicyclic) bond motifs is 1. The summed E-state index contributed by atoms with van der Waals surface area (Å²) in [7, 11) is 0. The molecule has 0 spiro atoms. The fourth-order valence-corrected chi connectivity index (χ4v) is 2.61. The number of piperidine rings is 1. The topological polar surface area (TPSA) is 71.1 Å². The molecule has 1 aromatic heterocycles. The standard InChI is InChI=1S/C16H17N3O2/c1-10-4-6-13(12-3-2-8-17-15(10)12)19-16(21)11-5-7-14(20)18-9-11/h2-4,6,8,11H,5,7,9H2,1H3,(H,18,20)(H,19,21). The molecule has 5 nitrogen and oxygen atoms in total. The van der Waals surface area contributed by atoms with Gasteiger partial charge in [-0.1, -0.05) is 6.07 Å². The van der Waals surface area contributed by atoms with Crippen LogP contribution in [0.25, 0.3) is 10.9 Å². The van der Waals surface area contributed by atoms with Crippen LogP contribution in [-0.2, 0) is 9.59 Å². The van der Waals surface area contributed by atoms with Gasteiger partial charge >= 0.3 is 0 Å². The highest BCUT2D eigenvalue weighted by atomic mass is 16.2. The number of anilines is 1. The number of nitrogens with zero attached hydrogens (tertiary/aromatic N) is 1. The zero-order valence-electron chi connectivity index (χ0n) is 11.8. The number of carbonyl (C=O) groups is 2. The van der Waals surface area contributed by atoms with Gasteiger partial charge in [0.1, 0.15) is 0 Å². The van der Waals surface area contributed by atoms with E-state index in [1.165, 1.54) is 0 Å². The average molecular weight is 283 g/mol. The van der Waals surface area contributed by atoms with Gasteiger partial charge in [-0.2, -0.15) is 0 Å². The first-order chi connectivity index (χ1) is 10.1. The Morgan fingerprint density at radius 1 is 1.38 bits per heavy atom. The van der Waals surface area contributed by atoms with Crippen molar-refractivity contribution in [3.05, 3.63) is 36.0 Å². The lowest BCUT2D eigenvalue weighted by molar-refractivity contribution is -0.126. The number of hydrogen-bond acceptors (Lipinski definition) is 3. The van der Waals surface area contributed by atoms with Crippen LogP contribution in [0.4, 0.5) is 5.69 Å². The molecule has 1 aliphatic heterocycles. The van der Waals surface area contributed by atoms with Crippen molar-refractivity contribution in [2.45, 2.75) is 19.8 Å². The number of aryl methyl sites for hydroxylation is 1. The lowest BCUT2D eigenvalue weighted by Gasteiger charge is -2.22. The molecule has 1 aliphatic rings. The van der Waals surface area contributed by atoms with E-state index in [-0.39, 0.29) is 17.7 Å². The molecule has 21 heavy (non-hydrogen) atoms. The van der Waals surface area contributed by atoms with Crippen molar-refractivity contribution in [1.29, 1.82) is 0 Å². The molecule has 2 heterocycles. The predicted octanol–water partition coefficient (Wildman–Crippen LogP) is 2.01. The molecule has 0 radical (unpaired) electrons. The molecule has 1 fully saturated rings. The van der Waals surface area contributed by atoms with Crippen LogP contribution < -0.4 is 10.6 Å². The normalized spacial score (nSPS) is 18.3. The number of carbonyl (C=O) groups excluding carboxylic acids is 2. The fourth-order valence-electron chi connectivity index (χ4n) is 2.61. The highest BCUT2D eigenvalue weighted by Crippen LogP contribution is 2.25. The summed E-state index contributed by atoms with van der Waals surface area (Å²) >= 11 is 0. The van der Waals surface area contributed by atoms with Crippen molar-refractivity contribution < 1.29 is 9.59 Å². The van der Waals surface area contributed by atoms with Gasteiger partial charge in [-0.15, -0.1) is 0 Å². The second-order valence-corrected chi connectivity index (χ2v) is 5.36. The number of benzene rings is 1. The maximum atomic E-state index is 12.3. The molecule has 0 saturated carbocycles. The summed E-state index contributed by atoms with van der Waals surface area (Å²) in [6.07, 6.45) is 2.76. The number of amides is 2. The minimum absolute atomic E-state index is 0.0176. The summed E-state index contributed by atoms with van der Waals surface area (Å²) in [4.78, 5) is 27.8. The van der Waals surface area contributed by atoms with Crippen molar-refractivity contribution in [2.75, 3.05) is 11.9 Å². The molecule has 1 aromatic carbocycles. The van der Waals surface area contributed by atoms with E-state index in [4.69, 9.17) is 0 Å². The Kier molecular flexibility index (Phi) is 3.56. The Morgan fingerprint density at radius 3 is 3.00 bits per heavy atom. The molecule has 0 aliphatic carbocycles. The lowest BCUT2D eigenvalue weighted by atomic mass is 9.98. The van der Waals surface area contributed by atoms with Gasteiger partial charge in [-0.3, -0.25) is 14.6 Å². The molecule has 3 rings (SSSR count). The first-order valence-corrected chi connectivity index (χ1v) is 7.07. The van der Waals surface area contributed by atoms with E-state index < -0.39 is 0 Å². The van der Waals surface area contributed by atoms with Gasteiger partial charge < -0.3 is 10.6 Å². The minimum Gasteiger partial charge on any atom is -0.355 e. The summed E-state index contributed by atoms with van der Waals surface area (Å²) in [6.45, 7) is 2.41. The van der Waals surface area contributed by atoms with Crippen molar-refractivity contribution in [3.8, 4) is 0 Å². The van der Waals surface area contributed by atoms with Crippen LogP contribution in [0.15, 0.2) is 30.5 Å². The summed E-state index contributed by atoms with van der Waals surface area (Å²) in [5, 5.41) is 6.64. The van der Waals surface area contributed by atoms with Crippen LogP contribution in [0.2, 0.25) is 0 Å². The molecule has 2 N–H and O–H groups in total. The maximum absolute atomic E-state index is 12.3. The first-order valence-electron chi connectivity index (χ1n) is 7.07. The van der Waals surface area contributed by atoms with Gasteiger partial charge in [0.2, 0.25) is 11.8 Å². The largest absolute Gasteiger partial charge is 0.355 e. The fraction of sp³-hybridized carbons (Fsp3) is 0.312. The second-order valence-electron chi connectivity index (χ2n) is 5.36. The molecule has 2 aromatic rings. The molecule has 1 unspecified atom stereocenters. The van der Waals surface area contributed by atoms with E-state index in [2.05, 4.69) is 15.6 Å².